The number of carbonyl (C=O) groups excluding carboxylic acids is 2. The van der Waals surface area contributed by atoms with Crippen molar-refractivity contribution in [2.75, 3.05) is 11.9 Å². The van der Waals surface area contributed by atoms with Crippen LogP contribution in [-0.2, 0) is 24.1 Å². The number of aryl methyl sites for hydroxylation is 1. The third kappa shape index (κ3) is 6.03. The summed E-state index contributed by atoms with van der Waals surface area (Å²) >= 11 is 3.01. The highest BCUT2D eigenvalue weighted by atomic mass is 79.9. The number of halogens is 5. The average molecular weight is 542 g/mol. The van der Waals surface area contributed by atoms with Crippen LogP contribution >= 0.6 is 28.3 Å². The molecule has 0 radical (unpaired) electrons. The van der Waals surface area contributed by atoms with E-state index < -0.39 is 30.2 Å². The Balaban J connectivity index is 0.00000363. The fourth-order valence-corrected chi connectivity index (χ4v) is 3.88. The van der Waals surface area contributed by atoms with Crippen molar-refractivity contribution in [1.82, 2.24) is 24.9 Å². The number of carbonyl (C=O) groups is 2. The van der Waals surface area contributed by atoms with E-state index in [0.29, 0.717) is 18.8 Å². The summed E-state index contributed by atoms with van der Waals surface area (Å²) in [5.41, 5.74) is -0.435. The number of rotatable bonds is 8. The summed E-state index contributed by atoms with van der Waals surface area (Å²) in [5, 5.41) is 13.2. The number of hydrogen-bond acceptors (Lipinski definition) is 4. The first-order valence-electron chi connectivity index (χ1n) is 10.00. The second-order valence-electron chi connectivity index (χ2n) is 7.88. The van der Waals surface area contributed by atoms with Crippen LogP contribution in [0.2, 0.25) is 0 Å². The van der Waals surface area contributed by atoms with Crippen LogP contribution in [0.15, 0.2) is 10.7 Å². The smallest absolute Gasteiger partial charge is 0.350 e. The normalized spacial score (nSPS) is 13.8. The predicted molar refractivity (Wildman–Crippen MR) is 118 cm³/mol. The van der Waals surface area contributed by atoms with Gasteiger partial charge in [0.1, 0.15) is 6.54 Å². The molecule has 1 aliphatic rings. The Labute approximate surface area is 197 Å². The van der Waals surface area contributed by atoms with Gasteiger partial charge in [0.25, 0.3) is 5.91 Å². The van der Waals surface area contributed by atoms with Gasteiger partial charge in [0.15, 0.2) is 11.4 Å². The van der Waals surface area contributed by atoms with Crippen molar-refractivity contribution in [3.05, 3.63) is 27.8 Å². The summed E-state index contributed by atoms with van der Waals surface area (Å²) in [7, 11) is 0. The van der Waals surface area contributed by atoms with Crippen molar-refractivity contribution in [3.8, 4) is 0 Å². The molecule has 8 nitrogen and oxygen atoms in total. The maximum Gasteiger partial charge on any atom is 0.436 e. The molecule has 2 N–H and O–H groups in total. The molecule has 13 heteroatoms. The van der Waals surface area contributed by atoms with Crippen molar-refractivity contribution in [1.29, 1.82) is 0 Å². The number of nitrogens with one attached hydrogen (secondary N) is 2. The zero-order chi connectivity index (χ0) is 22.9. The maximum atomic E-state index is 13.3. The molecule has 0 saturated heterocycles. The van der Waals surface area contributed by atoms with E-state index in [-0.39, 0.29) is 40.1 Å². The van der Waals surface area contributed by atoms with Crippen molar-refractivity contribution in [2.24, 2.45) is 5.92 Å². The van der Waals surface area contributed by atoms with E-state index in [2.05, 4.69) is 36.8 Å². The third-order valence-electron chi connectivity index (χ3n) is 4.70. The standard InChI is InChI=1S/C19H24BrF3N6O2.ClH/c1-4-28-8-12(15(26-28)18(31)24-7-10(2)3)25-13(30)9-29-16(11-5-6-11)14(20)17(27-29)19(21,22)23;/h8,10-11H,4-7,9H2,1-3H3,(H,24,31)(H,25,30);1H. The van der Waals surface area contributed by atoms with E-state index in [0.717, 1.165) is 17.5 Å². The van der Waals surface area contributed by atoms with Gasteiger partial charge in [-0.2, -0.15) is 23.4 Å². The molecule has 0 unspecified atom stereocenters. The number of aromatic nitrogens is 4. The predicted octanol–water partition coefficient (Wildman–Crippen LogP) is 4.20. The molecule has 32 heavy (non-hydrogen) atoms. The van der Waals surface area contributed by atoms with Gasteiger partial charge in [-0.25, -0.2) is 0 Å². The van der Waals surface area contributed by atoms with Crippen molar-refractivity contribution >= 4 is 45.8 Å². The summed E-state index contributed by atoms with van der Waals surface area (Å²) in [5.74, 6) is -0.863. The quantitative estimate of drug-likeness (QED) is 0.524. The zero-order valence-electron chi connectivity index (χ0n) is 17.8. The third-order valence-corrected chi connectivity index (χ3v) is 5.49. The van der Waals surface area contributed by atoms with Gasteiger partial charge in [0, 0.05) is 25.2 Å². The molecule has 1 saturated carbocycles. The maximum absolute atomic E-state index is 13.3. The Bertz CT molecular complexity index is 985. The molecular formula is C19H25BrClF3N6O2. The Morgan fingerprint density at radius 1 is 1.28 bits per heavy atom. The highest BCUT2D eigenvalue weighted by molar-refractivity contribution is 9.10. The first-order valence-corrected chi connectivity index (χ1v) is 10.8. The minimum Gasteiger partial charge on any atom is -0.350 e. The highest BCUT2D eigenvalue weighted by Crippen LogP contribution is 2.46. The van der Waals surface area contributed by atoms with Gasteiger partial charge < -0.3 is 10.6 Å². The summed E-state index contributed by atoms with van der Waals surface area (Å²) in [4.78, 5) is 25.1. The van der Waals surface area contributed by atoms with Crippen LogP contribution in [-0.4, -0.2) is 37.9 Å². The van der Waals surface area contributed by atoms with Crippen molar-refractivity contribution in [3.63, 3.8) is 0 Å². The van der Waals surface area contributed by atoms with Crippen molar-refractivity contribution < 1.29 is 22.8 Å². The molecule has 2 heterocycles. The molecule has 0 aromatic carbocycles. The summed E-state index contributed by atoms with van der Waals surface area (Å²) in [6, 6.07) is 0. The molecule has 1 aliphatic carbocycles. The van der Waals surface area contributed by atoms with E-state index in [9.17, 15) is 22.8 Å². The fourth-order valence-electron chi connectivity index (χ4n) is 3.05. The Morgan fingerprint density at radius 3 is 2.47 bits per heavy atom. The van der Waals surface area contributed by atoms with Gasteiger partial charge >= 0.3 is 6.18 Å². The number of anilines is 1. The number of alkyl halides is 3. The van der Waals surface area contributed by atoms with Gasteiger partial charge in [-0.15, -0.1) is 12.4 Å². The van der Waals surface area contributed by atoms with Crippen LogP contribution in [0.25, 0.3) is 0 Å². The lowest BCUT2D eigenvalue weighted by Gasteiger charge is -2.09. The minimum atomic E-state index is -4.63. The zero-order valence-corrected chi connectivity index (χ0v) is 20.2. The molecule has 178 valence electrons. The van der Waals surface area contributed by atoms with Gasteiger partial charge in [-0.05, 0) is 41.6 Å². The van der Waals surface area contributed by atoms with Gasteiger partial charge in [-0.3, -0.25) is 19.0 Å². The van der Waals surface area contributed by atoms with Crippen molar-refractivity contribution in [2.45, 2.75) is 58.8 Å². The molecule has 2 amide bonds. The monoisotopic (exact) mass is 540 g/mol. The molecule has 0 spiro atoms. The number of hydrogen-bond donors (Lipinski definition) is 2. The lowest BCUT2D eigenvalue weighted by molar-refractivity contribution is -0.142. The minimum absolute atomic E-state index is 0. The van der Waals surface area contributed by atoms with Crippen LogP contribution in [0.1, 0.15) is 61.4 Å². The van der Waals surface area contributed by atoms with E-state index in [1.54, 1.807) is 0 Å². The Kier molecular flexibility index (Phi) is 8.38. The SMILES string of the molecule is CCn1cc(NC(=O)Cn2nc(C(F)(F)F)c(Br)c2C2CC2)c(C(=O)NCC(C)C)n1.Cl. The first-order chi connectivity index (χ1) is 14.5. The van der Waals surface area contributed by atoms with E-state index >= 15 is 0 Å². The van der Waals surface area contributed by atoms with Crippen LogP contribution in [0, 0.1) is 5.92 Å². The molecule has 1 fully saturated rings. The van der Waals surface area contributed by atoms with E-state index in [4.69, 9.17) is 0 Å². The lowest BCUT2D eigenvalue weighted by atomic mass is 10.2. The van der Waals surface area contributed by atoms with Gasteiger partial charge in [-0.1, -0.05) is 13.8 Å². The molecule has 3 rings (SSSR count). The molecule has 2 aromatic rings. The molecular weight excluding hydrogens is 517 g/mol. The summed E-state index contributed by atoms with van der Waals surface area (Å²) < 4.78 is 42.2. The highest BCUT2D eigenvalue weighted by Gasteiger charge is 2.42. The fraction of sp³-hybridized carbons (Fsp3) is 0.579. The number of nitrogens with zero attached hydrogens (tertiary/aromatic N) is 4. The van der Waals surface area contributed by atoms with E-state index in [1.807, 2.05) is 20.8 Å². The lowest BCUT2D eigenvalue weighted by Crippen LogP contribution is -2.29. The first kappa shape index (κ1) is 26.2. The summed E-state index contributed by atoms with van der Waals surface area (Å²) in [6.45, 7) is 6.23. The molecule has 0 aliphatic heterocycles. The van der Waals surface area contributed by atoms with Gasteiger partial charge in [0.2, 0.25) is 5.91 Å². The largest absolute Gasteiger partial charge is 0.436 e. The Hall–Kier alpha value is -2.08. The molecule has 0 atom stereocenters. The second kappa shape index (κ2) is 10.2. The van der Waals surface area contributed by atoms with Crippen LogP contribution < -0.4 is 10.6 Å². The Morgan fingerprint density at radius 2 is 1.94 bits per heavy atom. The topological polar surface area (TPSA) is 93.8 Å². The van der Waals surface area contributed by atoms with Gasteiger partial charge in [0.05, 0.1) is 15.9 Å². The van der Waals surface area contributed by atoms with Crippen LogP contribution in [0.5, 0.6) is 0 Å². The number of amides is 2. The molecule has 2 aromatic heterocycles. The second-order valence-corrected chi connectivity index (χ2v) is 8.67. The van der Waals surface area contributed by atoms with Crippen LogP contribution in [0.3, 0.4) is 0 Å². The average Bonchev–Trinajstić information content (AvgIpc) is 3.33. The van der Waals surface area contributed by atoms with E-state index in [1.165, 1.54) is 10.9 Å². The molecule has 0 bridgehead atoms. The summed E-state index contributed by atoms with van der Waals surface area (Å²) in [6.07, 6.45) is -1.63. The van der Waals surface area contributed by atoms with Crippen LogP contribution in [0.4, 0.5) is 18.9 Å².